The number of carbonyl (C=O) groups excluding carboxylic acids is 1. The number of halogens is 1. The van der Waals surface area contributed by atoms with Gasteiger partial charge in [-0.1, -0.05) is 24.3 Å². The maximum Gasteiger partial charge on any atom is 0.254 e. The molecule has 1 atom stereocenters. The van der Waals surface area contributed by atoms with Crippen LogP contribution in [0.4, 0.5) is 4.39 Å². The summed E-state index contributed by atoms with van der Waals surface area (Å²) in [6, 6.07) is 16.3. The highest BCUT2D eigenvalue weighted by Crippen LogP contribution is 2.33. The number of amides is 1. The number of aromatic nitrogens is 2. The number of aryl methyl sites for hydroxylation is 2. The monoisotopic (exact) mass is 377 g/mol. The average Bonchev–Trinajstić information content (AvgIpc) is 3.28. The third-order valence-corrected chi connectivity index (χ3v) is 5.38. The van der Waals surface area contributed by atoms with Gasteiger partial charge in [-0.3, -0.25) is 9.48 Å². The molecule has 1 aromatic heterocycles. The molecule has 0 unspecified atom stereocenters. The summed E-state index contributed by atoms with van der Waals surface area (Å²) in [5, 5.41) is 4.51. The molecule has 1 aliphatic heterocycles. The van der Waals surface area contributed by atoms with E-state index < -0.39 is 0 Å². The molecule has 1 saturated heterocycles. The van der Waals surface area contributed by atoms with Crippen molar-refractivity contribution < 1.29 is 9.18 Å². The van der Waals surface area contributed by atoms with Crippen LogP contribution >= 0.6 is 0 Å². The molecule has 0 radical (unpaired) electrons. The van der Waals surface area contributed by atoms with Crippen LogP contribution in [0.2, 0.25) is 0 Å². The van der Waals surface area contributed by atoms with Gasteiger partial charge < -0.3 is 4.90 Å². The van der Waals surface area contributed by atoms with Gasteiger partial charge in [-0.2, -0.15) is 5.10 Å². The number of nitrogens with zero attached hydrogens (tertiary/aromatic N) is 3. The Kier molecular flexibility index (Phi) is 4.99. The number of carbonyl (C=O) groups is 1. The van der Waals surface area contributed by atoms with Crippen LogP contribution in [0.3, 0.4) is 0 Å². The highest BCUT2D eigenvalue weighted by atomic mass is 19.1. The molecular weight excluding hydrogens is 353 g/mol. The van der Waals surface area contributed by atoms with Crippen molar-refractivity contribution in [3.05, 3.63) is 88.5 Å². The summed E-state index contributed by atoms with van der Waals surface area (Å²) in [7, 11) is 0. The summed E-state index contributed by atoms with van der Waals surface area (Å²) in [6.45, 7) is 5.38. The molecule has 1 aliphatic rings. The van der Waals surface area contributed by atoms with Gasteiger partial charge in [-0.15, -0.1) is 0 Å². The van der Waals surface area contributed by atoms with E-state index in [0.29, 0.717) is 12.1 Å². The molecule has 0 aliphatic carbocycles. The van der Waals surface area contributed by atoms with Crippen LogP contribution in [0.15, 0.2) is 54.6 Å². The second-order valence-corrected chi connectivity index (χ2v) is 7.49. The first-order valence-electron chi connectivity index (χ1n) is 9.68. The van der Waals surface area contributed by atoms with Gasteiger partial charge in [0.2, 0.25) is 0 Å². The van der Waals surface area contributed by atoms with Crippen LogP contribution < -0.4 is 0 Å². The van der Waals surface area contributed by atoms with Crippen molar-refractivity contribution in [1.82, 2.24) is 14.7 Å². The highest BCUT2D eigenvalue weighted by molar-refractivity contribution is 5.94. The molecule has 2 aromatic carbocycles. The molecule has 4 rings (SSSR count). The van der Waals surface area contributed by atoms with E-state index in [1.54, 1.807) is 12.1 Å². The zero-order valence-corrected chi connectivity index (χ0v) is 16.2. The maximum atomic E-state index is 13.3. The average molecular weight is 377 g/mol. The molecule has 0 bridgehead atoms. The van der Waals surface area contributed by atoms with Crippen LogP contribution in [0, 0.1) is 19.7 Å². The molecule has 3 aromatic rings. The molecule has 144 valence electrons. The molecule has 1 fully saturated rings. The molecule has 4 nitrogen and oxygen atoms in total. The zero-order valence-electron chi connectivity index (χ0n) is 16.2. The van der Waals surface area contributed by atoms with Crippen LogP contribution in [0.1, 0.15) is 51.8 Å². The van der Waals surface area contributed by atoms with Gasteiger partial charge in [0, 0.05) is 17.8 Å². The fourth-order valence-electron chi connectivity index (χ4n) is 4.02. The normalized spacial score (nSPS) is 16.5. The predicted octanol–water partition coefficient (Wildman–Crippen LogP) is 4.66. The molecule has 2 heterocycles. The van der Waals surface area contributed by atoms with E-state index >= 15 is 0 Å². The van der Waals surface area contributed by atoms with Gasteiger partial charge in [0.25, 0.3) is 5.91 Å². The molecule has 28 heavy (non-hydrogen) atoms. The molecule has 1 amide bonds. The van der Waals surface area contributed by atoms with Gasteiger partial charge in [0.15, 0.2) is 0 Å². The lowest BCUT2D eigenvalue weighted by molar-refractivity contribution is 0.0735. The first kappa shape index (κ1) is 18.4. The van der Waals surface area contributed by atoms with E-state index in [1.165, 1.54) is 12.1 Å². The first-order chi connectivity index (χ1) is 13.5. The summed E-state index contributed by atoms with van der Waals surface area (Å²) in [5.74, 6) is -0.224. The second kappa shape index (κ2) is 7.58. The molecule has 0 spiro atoms. The van der Waals surface area contributed by atoms with Gasteiger partial charge in [-0.05, 0) is 68.1 Å². The maximum absolute atomic E-state index is 13.3. The Bertz CT molecular complexity index is 993. The van der Waals surface area contributed by atoms with E-state index in [1.807, 2.05) is 53.8 Å². The first-order valence-corrected chi connectivity index (χ1v) is 9.68. The standard InChI is InChI=1S/C23H24FN3O/c1-16-13-17(2)27(25-16)15-18-5-3-6-20(14-18)23(28)26-12-4-7-22(26)19-8-10-21(24)11-9-19/h3,5-6,8-11,13-14,22H,4,7,12,15H2,1-2H3/t22-/m1/s1. The highest BCUT2D eigenvalue weighted by Gasteiger charge is 2.30. The minimum absolute atomic E-state index is 0.00719. The lowest BCUT2D eigenvalue weighted by Crippen LogP contribution is -2.30. The number of hydrogen-bond acceptors (Lipinski definition) is 2. The summed E-state index contributed by atoms with van der Waals surface area (Å²) < 4.78 is 15.2. The van der Waals surface area contributed by atoms with E-state index in [2.05, 4.69) is 5.10 Å². The Morgan fingerprint density at radius 2 is 1.93 bits per heavy atom. The van der Waals surface area contributed by atoms with E-state index in [4.69, 9.17) is 0 Å². The van der Waals surface area contributed by atoms with Gasteiger partial charge in [0.05, 0.1) is 18.3 Å². The fourth-order valence-corrected chi connectivity index (χ4v) is 4.02. The Hall–Kier alpha value is -2.95. The van der Waals surface area contributed by atoms with Crippen molar-refractivity contribution in [2.45, 2.75) is 39.3 Å². The number of hydrogen-bond donors (Lipinski definition) is 0. The topological polar surface area (TPSA) is 38.1 Å². The third-order valence-electron chi connectivity index (χ3n) is 5.38. The van der Waals surface area contributed by atoms with Crippen LogP contribution in [-0.2, 0) is 6.54 Å². The zero-order chi connectivity index (χ0) is 19.7. The van der Waals surface area contributed by atoms with Crippen molar-refractivity contribution in [3.8, 4) is 0 Å². The van der Waals surface area contributed by atoms with Crippen molar-refractivity contribution in [2.75, 3.05) is 6.54 Å². The van der Waals surface area contributed by atoms with E-state index in [0.717, 1.165) is 41.9 Å². The van der Waals surface area contributed by atoms with Crippen molar-refractivity contribution in [2.24, 2.45) is 0 Å². The quantitative estimate of drug-likeness (QED) is 0.663. The van der Waals surface area contributed by atoms with Gasteiger partial charge in [-0.25, -0.2) is 4.39 Å². The minimum Gasteiger partial charge on any atom is -0.332 e. The third kappa shape index (κ3) is 3.70. The van der Waals surface area contributed by atoms with Crippen molar-refractivity contribution >= 4 is 5.91 Å². The lowest BCUT2D eigenvalue weighted by Gasteiger charge is -2.25. The van der Waals surface area contributed by atoms with Crippen LogP contribution in [0.25, 0.3) is 0 Å². The Morgan fingerprint density at radius 1 is 1.14 bits per heavy atom. The van der Waals surface area contributed by atoms with Crippen LogP contribution in [0.5, 0.6) is 0 Å². The summed E-state index contributed by atoms with van der Waals surface area (Å²) in [6.07, 6.45) is 1.86. The Labute approximate surface area is 164 Å². The summed E-state index contributed by atoms with van der Waals surface area (Å²) >= 11 is 0. The van der Waals surface area contributed by atoms with Gasteiger partial charge >= 0.3 is 0 Å². The molecular formula is C23H24FN3O. The SMILES string of the molecule is Cc1cc(C)n(Cc2cccc(C(=O)N3CCC[C@@H]3c3ccc(F)cc3)c2)n1. The summed E-state index contributed by atoms with van der Waals surface area (Å²) in [5.41, 5.74) is 4.82. The van der Waals surface area contributed by atoms with E-state index in [-0.39, 0.29) is 17.8 Å². The van der Waals surface area contributed by atoms with E-state index in [9.17, 15) is 9.18 Å². The Balaban J connectivity index is 1.55. The lowest BCUT2D eigenvalue weighted by atomic mass is 10.0. The second-order valence-electron chi connectivity index (χ2n) is 7.49. The molecule has 0 N–H and O–H groups in total. The number of likely N-dealkylation sites (tertiary alicyclic amines) is 1. The van der Waals surface area contributed by atoms with Crippen LogP contribution in [-0.4, -0.2) is 27.1 Å². The minimum atomic E-state index is -0.253. The summed E-state index contributed by atoms with van der Waals surface area (Å²) in [4.78, 5) is 15.1. The Morgan fingerprint density at radius 3 is 2.64 bits per heavy atom. The smallest absolute Gasteiger partial charge is 0.254 e. The molecule has 0 saturated carbocycles. The van der Waals surface area contributed by atoms with Crippen molar-refractivity contribution in [1.29, 1.82) is 0 Å². The fraction of sp³-hybridized carbons (Fsp3) is 0.304. The molecule has 5 heteroatoms. The predicted molar refractivity (Wildman–Crippen MR) is 107 cm³/mol. The largest absolute Gasteiger partial charge is 0.332 e. The van der Waals surface area contributed by atoms with Gasteiger partial charge in [0.1, 0.15) is 5.82 Å². The number of rotatable bonds is 4. The number of benzene rings is 2. The van der Waals surface area contributed by atoms with Crippen molar-refractivity contribution in [3.63, 3.8) is 0 Å².